The fourth-order valence-corrected chi connectivity index (χ4v) is 0.0556. The van der Waals surface area contributed by atoms with Crippen LogP contribution >= 0.6 is 0 Å². The van der Waals surface area contributed by atoms with Gasteiger partial charge in [0.1, 0.15) is 0 Å². The Hall–Kier alpha value is -5.32. The second kappa shape index (κ2) is 161. The van der Waals surface area contributed by atoms with E-state index in [4.69, 9.17) is 83.3 Å². The number of hydrogen-bond donors (Lipinski definition) is 1. The Bertz CT molecular complexity index is 501. The van der Waals surface area contributed by atoms with E-state index in [1.54, 1.807) is 0 Å². The molecule has 0 amide bonds. The molecule has 0 aliphatic carbocycles. The molecule has 228 valence electrons. The normalized spacial score (nSPS) is 4.26. The van der Waals surface area contributed by atoms with Crippen molar-refractivity contribution in [2.75, 3.05) is 0 Å². The van der Waals surface area contributed by atoms with Crippen LogP contribution in [0.25, 0.3) is 0 Å². The number of carbonyl (C=O) groups excluding carboxylic acids is 12. The molecule has 0 atom stereocenters. The summed E-state index contributed by atoms with van der Waals surface area (Å²) in [6.07, 6.45) is -1.97. The molecular weight excluding hydrogens is 500 g/mol. The number of rotatable bonds is 5. The van der Waals surface area contributed by atoms with Gasteiger partial charge in [-0.05, 0) is 6.16 Å². The quantitative estimate of drug-likeness (QED) is 0.152. The van der Waals surface area contributed by atoms with Crippen LogP contribution in [0.15, 0.2) is 0 Å². The van der Waals surface area contributed by atoms with Crippen LogP contribution in [0.5, 0.6) is 0 Å². The Morgan fingerprint density at radius 1 is 0.600 bits per heavy atom. The zero-order valence-corrected chi connectivity index (χ0v) is 13.6. The molecule has 0 aromatic carbocycles. The van der Waals surface area contributed by atoms with Crippen LogP contribution in [-0.2, 0) is 57.6 Å². The van der Waals surface area contributed by atoms with E-state index < -0.39 is 17.7 Å². The molecule has 35 heavy (non-hydrogen) atoms. The second-order valence-corrected chi connectivity index (χ2v) is 1.89. The minimum absolute atomic E-state index is 0. The average molecular weight is 547 g/mol. The van der Waals surface area contributed by atoms with Crippen LogP contribution < -0.4 is 10.2 Å². The minimum atomic E-state index is -2.33. The summed E-state index contributed by atoms with van der Waals surface area (Å²) in [5.74, 6) is -2.04. The summed E-state index contributed by atoms with van der Waals surface area (Å²) in [5, 5.41) is 23.7. The molecule has 1 N–H and O–H groups in total. The fourth-order valence-electron chi connectivity index (χ4n) is 0.0556. The Morgan fingerprint density at radius 2 is 0.686 bits per heavy atom. The van der Waals surface area contributed by atoms with Gasteiger partial charge in [-0.15, -0.1) is 0 Å². The molecular formula is C15H46O20-2. The first-order valence-corrected chi connectivity index (χ1v) is 4.92. The third-order valence-electron chi connectivity index (χ3n) is 0.508. The zero-order valence-electron chi connectivity index (χ0n) is 13.6. The van der Waals surface area contributed by atoms with Crippen LogP contribution in [0.4, 0.5) is 4.79 Å². The van der Waals surface area contributed by atoms with E-state index in [0.717, 1.165) is 0 Å². The van der Waals surface area contributed by atoms with E-state index in [2.05, 4.69) is 4.89 Å². The highest BCUT2D eigenvalue weighted by Gasteiger charge is 1.88. The van der Waals surface area contributed by atoms with Gasteiger partial charge in [-0.25, -0.2) is 5.26 Å². The molecule has 0 aromatic heterocycles. The second-order valence-electron chi connectivity index (χ2n) is 1.89. The maximum Gasteiger partial charge on any atom is 0.373 e. The number of aldehydes is 4. The van der Waals surface area contributed by atoms with E-state index in [1.165, 1.54) is 0 Å². The smallest absolute Gasteiger partial charge is 0.373 e. The maximum atomic E-state index is 9.44. The van der Waals surface area contributed by atoms with Crippen LogP contribution in [0, 0.1) is 19.9 Å². The SMILES string of the molecule is C.C.C.C.C.O=C([O-])[O-].O=C=O.O=C=O.O=CC(=O)C=O.O=CC(=O)C=O.O=COO.O=O.O=O.[HH].[HH].[HH].[HH].[HH].[HH].[HH].[HH].[HH].[HH]. The highest BCUT2D eigenvalue weighted by molar-refractivity contribution is 6.50. The lowest BCUT2D eigenvalue weighted by molar-refractivity contribution is -0.415. The molecule has 0 unspecified atom stereocenters. The molecule has 20 nitrogen and oxygen atoms in total. The summed E-state index contributed by atoms with van der Waals surface area (Å²) in [4.78, 5) is 136. The van der Waals surface area contributed by atoms with E-state index in [1.807, 2.05) is 0 Å². The lowest BCUT2D eigenvalue weighted by Crippen LogP contribution is -2.37. The van der Waals surface area contributed by atoms with Crippen molar-refractivity contribution in [2.45, 2.75) is 37.1 Å². The van der Waals surface area contributed by atoms with E-state index in [0.29, 0.717) is 0 Å². The summed E-state index contributed by atoms with van der Waals surface area (Å²) in [5.41, 5.74) is 0. The molecule has 0 spiro atoms. The van der Waals surface area contributed by atoms with Gasteiger partial charge in [0.05, 0.1) is 0 Å². The number of Topliss-reactive ketones (excluding diaryl/α,β-unsaturated/α-hetero) is 2. The minimum Gasteiger partial charge on any atom is -0.652 e. The molecule has 0 aliphatic heterocycles. The van der Waals surface area contributed by atoms with Crippen molar-refractivity contribution in [1.82, 2.24) is 0 Å². The van der Waals surface area contributed by atoms with Gasteiger partial charge in [0.25, 0.3) is 11.6 Å². The largest absolute Gasteiger partial charge is 0.652 e. The number of carboxylic acid groups (broad SMARTS) is 2. The standard InChI is InChI=1S/2C3H2O3.2CH2O3.2CO2.5CH4.2O2.10H2/c2*4-1-3(6)2-5;2-1-4-3;2-1(3)4;2*2-1-3;;;;;;2*1-2;;;;;;;;;;/h2*1-2H;1,3H;(H2,2,3,4);;;5*1H4;;;10*1H/p-2. The van der Waals surface area contributed by atoms with Crippen molar-refractivity contribution in [1.29, 1.82) is 0 Å². The predicted octanol–water partition coefficient (Wildman–Crippen LogP) is -0.300. The Labute approximate surface area is 212 Å². The van der Waals surface area contributed by atoms with Crippen molar-refractivity contribution in [3.05, 3.63) is 19.9 Å². The molecule has 0 rings (SSSR count). The predicted molar refractivity (Wildman–Crippen MR) is 128 cm³/mol. The molecule has 0 heterocycles. The van der Waals surface area contributed by atoms with E-state index in [-0.39, 0.29) is 95.3 Å². The highest BCUT2D eigenvalue weighted by Crippen LogP contribution is 1.46. The third-order valence-corrected chi connectivity index (χ3v) is 0.508. The van der Waals surface area contributed by atoms with Gasteiger partial charge in [0.15, 0.2) is 25.1 Å². The molecule has 20 heteroatoms. The summed E-state index contributed by atoms with van der Waals surface area (Å²) < 4.78 is 0. The number of hydrogen-bond acceptors (Lipinski definition) is 20. The fraction of sp³-hybridized carbons (Fsp3) is 0.333. The zero-order chi connectivity index (χ0) is 26.4. The lowest BCUT2D eigenvalue weighted by Gasteiger charge is -1.96. The molecule has 0 aliphatic rings. The van der Waals surface area contributed by atoms with E-state index in [9.17, 15) is 9.59 Å². The molecule has 0 fully saturated rings. The van der Waals surface area contributed by atoms with Gasteiger partial charge >= 0.3 is 18.8 Å². The molecule has 0 aromatic rings. The monoisotopic (exact) mass is 546 g/mol. The molecule has 0 radical (unpaired) electrons. The number of ketones is 2. The maximum absolute atomic E-state index is 9.44. The first-order valence-electron chi connectivity index (χ1n) is 4.92. The summed E-state index contributed by atoms with van der Waals surface area (Å²) in [6.45, 7) is -0.0694. The van der Waals surface area contributed by atoms with Crippen LogP contribution in [0.3, 0.4) is 0 Å². The average Bonchev–Trinajstić information content (AvgIpc) is 2.76. The van der Waals surface area contributed by atoms with Gasteiger partial charge in [-0.2, -0.15) is 19.2 Å². The molecule has 0 saturated carbocycles. The highest BCUT2D eigenvalue weighted by atomic mass is 17.1. The van der Waals surface area contributed by atoms with Gasteiger partial charge in [0, 0.05) is 34.1 Å². The van der Waals surface area contributed by atoms with E-state index >= 15 is 0 Å². The van der Waals surface area contributed by atoms with Crippen molar-refractivity contribution in [3.8, 4) is 0 Å². The molecule has 0 saturated heterocycles. The number of carbonyl (C=O) groups is 8. The van der Waals surface area contributed by atoms with Gasteiger partial charge in [0.2, 0.25) is 0 Å². The Balaban J connectivity index is -0.00000000570. The van der Waals surface area contributed by atoms with Gasteiger partial charge < -0.3 is 19.9 Å². The lowest BCUT2D eigenvalue weighted by atomic mass is 10.5. The van der Waals surface area contributed by atoms with Gasteiger partial charge in [-0.1, -0.05) is 37.1 Å². The third kappa shape index (κ3) is 1510. The molecule has 0 bridgehead atoms. The Kier molecular flexibility index (Phi) is 404. The Morgan fingerprint density at radius 3 is 0.686 bits per heavy atom. The summed E-state index contributed by atoms with van der Waals surface area (Å²) >= 11 is 0. The van der Waals surface area contributed by atoms with Crippen LogP contribution in [0.1, 0.15) is 51.4 Å². The summed E-state index contributed by atoms with van der Waals surface area (Å²) in [6, 6.07) is 0. The van der Waals surface area contributed by atoms with Crippen molar-refractivity contribution >= 4 is 61.6 Å². The van der Waals surface area contributed by atoms with Crippen molar-refractivity contribution < 1.29 is 92.2 Å². The van der Waals surface area contributed by atoms with Crippen LogP contribution in [0.2, 0.25) is 0 Å². The first kappa shape index (κ1) is 87.7. The first-order chi connectivity index (χ1) is 14.1. The van der Waals surface area contributed by atoms with Crippen LogP contribution in [-0.4, -0.2) is 66.9 Å². The van der Waals surface area contributed by atoms with Gasteiger partial charge in [-0.3, -0.25) is 33.6 Å². The summed E-state index contributed by atoms with van der Waals surface area (Å²) in [7, 11) is 0. The van der Waals surface area contributed by atoms with Crippen molar-refractivity contribution in [2.24, 2.45) is 0 Å². The van der Waals surface area contributed by atoms with Crippen molar-refractivity contribution in [3.63, 3.8) is 0 Å². The topological polar surface area (TPSA) is 349 Å².